The minimum absolute atomic E-state index is 0.0176. The highest BCUT2D eigenvalue weighted by Crippen LogP contribution is 2.56. The van der Waals surface area contributed by atoms with Gasteiger partial charge in [0.15, 0.2) is 0 Å². The van der Waals surface area contributed by atoms with Crippen LogP contribution in [0.4, 0.5) is 0 Å². The molecule has 1 aliphatic carbocycles. The lowest BCUT2D eigenvalue weighted by atomic mass is 9.69. The third-order valence-electron chi connectivity index (χ3n) is 6.98. The zero-order valence-electron chi connectivity index (χ0n) is 18.0. The molecule has 0 aromatic heterocycles. The van der Waals surface area contributed by atoms with Gasteiger partial charge in [0.25, 0.3) is 0 Å². The van der Waals surface area contributed by atoms with Gasteiger partial charge in [0.2, 0.25) is 0 Å². The van der Waals surface area contributed by atoms with Crippen LogP contribution in [-0.4, -0.2) is 32.1 Å². The molecule has 2 bridgehead atoms. The van der Waals surface area contributed by atoms with E-state index in [1.165, 1.54) is 23.8 Å². The largest absolute Gasteiger partial charge is 0.469 e. The first-order chi connectivity index (χ1) is 15.2. The molecule has 2 fully saturated rings. The molecule has 4 nitrogen and oxygen atoms in total. The lowest BCUT2D eigenvalue weighted by molar-refractivity contribution is -0.140. The fourth-order valence-corrected chi connectivity index (χ4v) is 5.30. The van der Waals surface area contributed by atoms with Crippen molar-refractivity contribution in [3.63, 3.8) is 0 Å². The van der Waals surface area contributed by atoms with E-state index in [1.54, 1.807) is 0 Å². The highest BCUT2D eigenvalue weighted by molar-refractivity contribution is 5.69. The lowest BCUT2D eigenvalue weighted by Gasteiger charge is -2.37. The lowest BCUT2D eigenvalue weighted by Crippen LogP contribution is -2.40. The maximum atomic E-state index is 11.9. The second-order valence-electron chi connectivity index (χ2n) is 8.65. The molecule has 0 unspecified atom stereocenters. The van der Waals surface area contributed by atoms with Gasteiger partial charge in [-0.1, -0.05) is 66.7 Å². The average molecular weight is 419 g/mol. The summed E-state index contributed by atoms with van der Waals surface area (Å²) in [6, 6.07) is 19.2. The van der Waals surface area contributed by atoms with Crippen LogP contribution in [0.5, 0.6) is 0 Å². The number of carbonyl (C=O) groups is 2. The van der Waals surface area contributed by atoms with Crippen molar-refractivity contribution < 1.29 is 19.1 Å². The minimum atomic E-state index is -0.169. The first-order valence-electron chi connectivity index (χ1n) is 11.1. The number of hydrogen-bond acceptors (Lipinski definition) is 4. The molecule has 2 aromatic rings. The Kier molecular flexibility index (Phi) is 6.67. The SMILES string of the molecule is COC(=O)CCCC=CC[C@H]1[C@H](C=O)[C@@H]2C[C@@]1(c1ccc(-c3ccccc3)cc1)CO2. The van der Waals surface area contributed by atoms with Crippen LogP contribution in [0.1, 0.15) is 37.7 Å². The number of methoxy groups -OCH3 is 1. The van der Waals surface area contributed by atoms with Crippen molar-refractivity contribution in [2.24, 2.45) is 11.8 Å². The molecule has 4 rings (SSSR count). The summed E-state index contributed by atoms with van der Waals surface area (Å²) in [7, 11) is 1.42. The Morgan fingerprint density at radius 1 is 1.10 bits per heavy atom. The molecule has 1 aliphatic heterocycles. The Morgan fingerprint density at radius 2 is 1.84 bits per heavy atom. The van der Waals surface area contributed by atoms with Crippen molar-refractivity contribution in [1.29, 1.82) is 0 Å². The quantitative estimate of drug-likeness (QED) is 0.246. The summed E-state index contributed by atoms with van der Waals surface area (Å²) in [6.07, 6.45) is 9.24. The first-order valence-corrected chi connectivity index (χ1v) is 11.1. The van der Waals surface area contributed by atoms with E-state index < -0.39 is 0 Å². The molecular weight excluding hydrogens is 388 g/mol. The Morgan fingerprint density at radius 3 is 2.55 bits per heavy atom. The van der Waals surface area contributed by atoms with E-state index in [1.807, 2.05) is 6.07 Å². The zero-order chi connectivity index (χ0) is 21.7. The molecule has 0 radical (unpaired) electrons. The first kappa shape index (κ1) is 21.5. The van der Waals surface area contributed by atoms with Crippen LogP contribution in [0.2, 0.25) is 0 Å². The Balaban J connectivity index is 1.48. The Hall–Kier alpha value is -2.72. The number of benzene rings is 2. The molecule has 0 spiro atoms. The number of carbonyl (C=O) groups excluding carboxylic acids is 2. The van der Waals surface area contributed by atoms with Crippen molar-refractivity contribution in [2.75, 3.05) is 13.7 Å². The van der Waals surface area contributed by atoms with Gasteiger partial charge in [-0.25, -0.2) is 0 Å². The molecule has 2 aliphatic rings. The average Bonchev–Trinajstić information content (AvgIpc) is 3.39. The second-order valence-corrected chi connectivity index (χ2v) is 8.65. The summed E-state index contributed by atoms with van der Waals surface area (Å²) < 4.78 is 10.7. The van der Waals surface area contributed by atoms with Crippen LogP contribution >= 0.6 is 0 Å². The van der Waals surface area contributed by atoms with E-state index >= 15 is 0 Å². The Bertz CT molecular complexity index is 918. The molecule has 0 N–H and O–H groups in total. The van der Waals surface area contributed by atoms with Crippen molar-refractivity contribution >= 4 is 12.3 Å². The number of ether oxygens (including phenoxy) is 2. The third kappa shape index (κ3) is 4.35. The molecule has 31 heavy (non-hydrogen) atoms. The van der Waals surface area contributed by atoms with Gasteiger partial charge in [-0.2, -0.15) is 0 Å². The highest BCUT2D eigenvalue weighted by atomic mass is 16.5. The predicted octanol–water partition coefficient (Wildman–Crippen LogP) is 5.11. The minimum Gasteiger partial charge on any atom is -0.469 e. The summed E-state index contributed by atoms with van der Waals surface area (Å²) in [5, 5.41) is 0. The maximum absolute atomic E-state index is 11.9. The van der Waals surface area contributed by atoms with E-state index in [-0.39, 0.29) is 29.3 Å². The smallest absolute Gasteiger partial charge is 0.305 e. The van der Waals surface area contributed by atoms with Crippen molar-refractivity contribution in [2.45, 2.75) is 43.6 Å². The molecule has 1 heterocycles. The number of allylic oxidation sites excluding steroid dienone is 2. The van der Waals surface area contributed by atoms with Gasteiger partial charge in [-0.3, -0.25) is 4.79 Å². The fraction of sp³-hybridized carbons (Fsp3) is 0.407. The van der Waals surface area contributed by atoms with Gasteiger partial charge in [0, 0.05) is 17.8 Å². The van der Waals surface area contributed by atoms with E-state index in [0.717, 1.165) is 32.0 Å². The summed E-state index contributed by atoms with van der Waals surface area (Å²) >= 11 is 0. The van der Waals surface area contributed by atoms with E-state index in [9.17, 15) is 9.59 Å². The molecular formula is C27H30O4. The van der Waals surface area contributed by atoms with Gasteiger partial charge < -0.3 is 14.3 Å². The molecule has 162 valence electrons. The number of esters is 1. The summed E-state index contributed by atoms with van der Waals surface area (Å²) in [6.45, 7) is 0.674. The Labute approximate surface area is 184 Å². The van der Waals surface area contributed by atoms with Crippen LogP contribution in [0, 0.1) is 11.8 Å². The van der Waals surface area contributed by atoms with Gasteiger partial charge in [0.05, 0.1) is 19.8 Å². The standard InChI is InChI=1S/C27H30O4/c1-30-26(29)12-8-3-2-7-11-24-23(18-28)25-17-27(24,19-31-25)22-15-13-21(14-16-22)20-9-5-4-6-10-20/h2,4-7,9-10,13-16,18,23-25H,3,8,11-12,17,19H2,1H3/t23-,24-,25-,27-/m0/s1. The van der Waals surface area contributed by atoms with Gasteiger partial charge in [-0.05, 0) is 48.3 Å². The molecule has 0 amide bonds. The zero-order valence-corrected chi connectivity index (χ0v) is 18.0. The molecule has 2 aromatic carbocycles. The number of fused-ring (bicyclic) bond motifs is 2. The van der Waals surface area contributed by atoms with E-state index in [0.29, 0.717) is 13.0 Å². The summed E-state index contributed by atoms with van der Waals surface area (Å²) in [5.74, 6) is 0.00280. The normalized spacial score (nSPS) is 26.9. The van der Waals surface area contributed by atoms with Gasteiger partial charge in [0.1, 0.15) is 6.29 Å². The van der Waals surface area contributed by atoms with Crippen LogP contribution < -0.4 is 0 Å². The predicted molar refractivity (Wildman–Crippen MR) is 121 cm³/mol. The molecule has 1 saturated carbocycles. The topological polar surface area (TPSA) is 52.6 Å². The van der Waals surface area contributed by atoms with Crippen LogP contribution in [0.15, 0.2) is 66.7 Å². The van der Waals surface area contributed by atoms with Gasteiger partial charge in [-0.15, -0.1) is 0 Å². The summed E-state index contributed by atoms with van der Waals surface area (Å²) in [4.78, 5) is 23.1. The maximum Gasteiger partial charge on any atom is 0.305 e. The second kappa shape index (κ2) is 9.61. The summed E-state index contributed by atoms with van der Waals surface area (Å²) in [5.41, 5.74) is 3.56. The molecule has 1 saturated heterocycles. The number of unbranched alkanes of at least 4 members (excludes halogenated alkanes) is 1. The third-order valence-corrected chi connectivity index (χ3v) is 6.98. The van der Waals surface area contributed by atoms with Gasteiger partial charge >= 0.3 is 5.97 Å². The van der Waals surface area contributed by atoms with Crippen LogP contribution in [0.25, 0.3) is 11.1 Å². The highest BCUT2D eigenvalue weighted by Gasteiger charge is 2.59. The van der Waals surface area contributed by atoms with Crippen molar-refractivity contribution in [1.82, 2.24) is 0 Å². The van der Waals surface area contributed by atoms with Crippen molar-refractivity contribution in [3.8, 4) is 11.1 Å². The van der Waals surface area contributed by atoms with Crippen LogP contribution in [0.3, 0.4) is 0 Å². The monoisotopic (exact) mass is 418 g/mol. The van der Waals surface area contributed by atoms with E-state index in [2.05, 4.69) is 65.4 Å². The number of hydrogen-bond donors (Lipinski definition) is 0. The van der Waals surface area contributed by atoms with Crippen molar-refractivity contribution in [3.05, 3.63) is 72.3 Å². The van der Waals surface area contributed by atoms with Crippen LogP contribution in [-0.2, 0) is 24.5 Å². The van der Waals surface area contributed by atoms with E-state index in [4.69, 9.17) is 4.74 Å². The molecule has 4 atom stereocenters. The number of aldehydes is 1. The number of rotatable bonds is 9. The molecule has 4 heteroatoms. The fourth-order valence-electron chi connectivity index (χ4n) is 5.30.